The van der Waals surface area contributed by atoms with Gasteiger partial charge in [-0.15, -0.1) is 0 Å². The van der Waals surface area contributed by atoms with Crippen LogP contribution in [0.5, 0.6) is 0 Å². The Labute approximate surface area is 138 Å². The lowest BCUT2D eigenvalue weighted by molar-refractivity contribution is 0.887. The van der Waals surface area contributed by atoms with Crippen LogP contribution in [0, 0.1) is 20.8 Å². The highest BCUT2D eigenvalue weighted by Gasteiger charge is 2.33. The lowest BCUT2D eigenvalue weighted by Crippen LogP contribution is -2.23. The van der Waals surface area contributed by atoms with Crippen LogP contribution in [0.4, 0.5) is 5.69 Å². The van der Waals surface area contributed by atoms with E-state index in [0.717, 1.165) is 0 Å². The first-order chi connectivity index (χ1) is 10.5. The summed E-state index contributed by atoms with van der Waals surface area (Å²) in [6, 6.07) is 15.3. The Balaban J connectivity index is 2.15. The van der Waals surface area contributed by atoms with Crippen molar-refractivity contribution >= 4 is 17.4 Å². The summed E-state index contributed by atoms with van der Waals surface area (Å²) in [6.07, 6.45) is 0. The smallest absolute Gasteiger partial charge is 0.110 e. The van der Waals surface area contributed by atoms with E-state index in [9.17, 15) is 0 Å². The second-order valence-electron chi connectivity index (χ2n) is 6.07. The van der Waals surface area contributed by atoms with E-state index in [2.05, 4.69) is 82.0 Å². The maximum Gasteiger partial charge on any atom is 0.110 e. The number of hydrogen-bond donors (Lipinski definition) is 0. The van der Waals surface area contributed by atoms with E-state index in [1.807, 2.05) is 11.8 Å². The van der Waals surface area contributed by atoms with Gasteiger partial charge in [-0.2, -0.15) is 0 Å². The third-order valence-corrected chi connectivity index (χ3v) is 5.88. The van der Waals surface area contributed by atoms with Crippen LogP contribution >= 0.6 is 11.8 Å². The van der Waals surface area contributed by atoms with Crippen LogP contribution in [0.2, 0.25) is 0 Å². The van der Waals surface area contributed by atoms with Crippen molar-refractivity contribution in [2.75, 3.05) is 4.90 Å². The summed E-state index contributed by atoms with van der Waals surface area (Å²) in [6.45, 7) is 11.1. The summed E-state index contributed by atoms with van der Waals surface area (Å²) in [7, 11) is 0. The van der Waals surface area contributed by atoms with E-state index >= 15 is 0 Å². The van der Waals surface area contributed by atoms with Gasteiger partial charge in [0, 0.05) is 16.3 Å². The quantitative estimate of drug-likeness (QED) is 0.658. The minimum absolute atomic E-state index is 0.335. The van der Waals surface area contributed by atoms with Crippen molar-refractivity contribution in [2.24, 2.45) is 0 Å². The molecule has 3 rings (SSSR count). The highest BCUT2D eigenvalue weighted by Crippen LogP contribution is 2.51. The zero-order chi connectivity index (χ0) is 15.9. The first-order valence-electron chi connectivity index (χ1n) is 7.76. The minimum Gasteiger partial charge on any atom is -0.327 e. The molecule has 1 aliphatic heterocycles. The van der Waals surface area contributed by atoms with Gasteiger partial charge < -0.3 is 4.90 Å². The molecule has 0 fully saturated rings. The van der Waals surface area contributed by atoms with Crippen LogP contribution in [-0.2, 0) is 0 Å². The molecule has 0 saturated heterocycles. The predicted molar refractivity (Wildman–Crippen MR) is 98.3 cm³/mol. The minimum atomic E-state index is 0.335. The molecular formula is C20H23NS. The fourth-order valence-electron chi connectivity index (χ4n) is 3.20. The maximum absolute atomic E-state index is 2.50. The van der Waals surface area contributed by atoms with Gasteiger partial charge in [0.15, 0.2) is 0 Å². The Bertz CT molecular complexity index is 725. The lowest BCUT2D eigenvalue weighted by atomic mass is 10.0. The monoisotopic (exact) mass is 309 g/mol. The molecule has 1 atom stereocenters. The summed E-state index contributed by atoms with van der Waals surface area (Å²) < 4.78 is 0. The van der Waals surface area contributed by atoms with Crippen LogP contribution in [-0.4, -0.2) is 0 Å². The number of anilines is 1. The van der Waals surface area contributed by atoms with Crippen molar-refractivity contribution in [1.82, 2.24) is 0 Å². The molecule has 0 radical (unpaired) electrons. The number of hydrogen-bond acceptors (Lipinski definition) is 2. The van der Waals surface area contributed by atoms with Crippen LogP contribution in [0.15, 0.2) is 53.1 Å². The molecule has 0 aromatic heterocycles. The molecule has 0 aliphatic carbocycles. The van der Waals surface area contributed by atoms with Crippen molar-refractivity contribution < 1.29 is 0 Å². The van der Waals surface area contributed by atoms with Gasteiger partial charge in [0.05, 0.1) is 0 Å². The second kappa shape index (κ2) is 5.85. The van der Waals surface area contributed by atoms with Crippen LogP contribution in [0.1, 0.15) is 41.5 Å². The number of allylic oxidation sites excluding steroid dienone is 2. The molecule has 2 aromatic carbocycles. The van der Waals surface area contributed by atoms with Gasteiger partial charge in [-0.25, -0.2) is 0 Å². The molecule has 1 unspecified atom stereocenters. The maximum atomic E-state index is 2.50. The average Bonchev–Trinajstić information content (AvgIpc) is 2.75. The van der Waals surface area contributed by atoms with Gasteiger partial charge >= 0.3 is 0 Å². The summed E-state index contributed by atoms with van der Waals surface area (Å²) >= 11 is 1.97. The number of rotatable bonds is 2. The van der Waals surface area contributed by atoms with Crippen molar-refractivity contribution in [2.45, 2.75) is 40.0 Å². The Morgan fingerprint density at radius 1 is 0.773 bits per heavy atom. The van der Waals surface area contributed by atoms with Gasteiger partial charge in [-0.05, 0) is 62.9 Å². The second-order valence-corrected chi connectivity index (χ2v) is 7.37. The number of benzene rings is 2. The van der Waals surface area contributed by atoms with Crippen molar-refractivity contribution in [3.05, 3.63) is 75.3 Å². The zero-order valence-corrected chi connectivity index (χ0v) is 14.8. The Kier molecular flexibility index (Phi) is 4.05. The number of aryl methyl sites for hydroxylation is 3. The molecule has 1 heterocycles. The summed E-state index contributed by atoms with van der Waals surface area (Å²) in [5.41, 5.74) is 8.21. The molecular weight excluding hydrogens is 286 g/mol. The number of para-hydroxylation sites is 1. The molecule has 2 heteroatoms. The van der Waals surface area contributed by atoms with Gasteiger partial charge in [-0.1, -0.05) is 48.2 Å². The largest absolute Gasteiger partial charge is 0.327 e. The van der Waals surface area contributed by atoms with E-state index in [1.165, 1.54) is 38.5 Å². The Morgan fingerprint density at radius 3 is 2.00 bits per heavy atom. The highest BCUT2D eigenvalue weighted by molar-refractivity contribution is 8.03. The number of thioether (sulfide) groups is 1. The van der Waals surface area contributed by atoms with Gasteiger partial charge in [0.2, 0.25) is 0 Å². The van der Waals surface area contributed by atoms with E-state index in [1.54, 1.807) is 0 Å². The fraction of sp³-hybridized carbons (Fsp3) is 0.300. The third kappa shape index (κ3) is 2.46. The first-order valence-corrected chi connectivity index (χ1v) is 8.63. The predicted octanol–water partition coefficient (Wildman–Crippen LogP) is 6.12. The van der Waals surface area contributed by atoms with Gasteiger partial charge in [0.25, 0.3) is 0 Å². The molecule has 0 spiro atoms. The standard InChI is InChI=1S/C20H23NS/c1-13-9-6-7-12-18(13)21-16(4)17(5)22-20(21)19-14(2)10-8-11-15(19)3/h6-12,20H,1-5H3. The highest BCUT2D eigenvalue weighted by atomic mass is 32.2. The van der Waals surface area contributed by atoms with Crippen LogP contribution in [0.25, 0.3) is 0 Å². The zero-order valence-electron chi connectivity index (χ0n) is 14.0. The Hall–Kier alpha value is -1.67. The van der Waals surface area contributed by atoms with E-state index in [4.69, 9.17) is 0 Å². The van der Waals surface area contributed by atoms with Crippen molar-refractivity contribution in [3.63, 3.8) is 0 Å². The number of nitrogens with zero attached hydrogens (tertiary/aromatic N) is 1. The van der Waals surface area contributed by atoms with Crippen molar-refractivity contribution in [3.8, 4) is 0 Å². The normalized spacial score (nSPS) is 18.2. The molecule has 1 aliphatic rings. The molecule has 1 nitrogen and oxygen atoms in total. The fourth-order valence-corrected chi connectivity index (χ4v) is 4.67. The van der Waals surface area contributed by atoms with Crippen LogP contribution in [0.3, 0.4) is 0 Å². The first kappa shape index (κ1) is 15.2. The molecule has 114 valence electrons. The summed E-state index contributed by atoms with van der Waals surface area (Å²) in [4.78, 5) is 3.92. The summed E-state index contributed by atoms with van der Waals surface area (Å²) in [5.74, 6) is 0. The van der Waals surface area contributed by atoms with Gasteiger partial charge in [0.1, 0.15) is 5.37 Å². The molecule has 0 saturated carbocycles. The van der Waals surface area contributed by atoms with E-state index in [0.29, 0.717) is 5.37 Å². The van der Waals surface area contributed by atoms with E-state index in [-0.39, 0.29) is 0 Å². The average molecular weight is 309 g/mol. The Morgan fingerprint density at radius 2 is 1.36 bits per heavy atom. The molecule has 22 heavy (non-hydrogen) atoms. The molecule has 2 aromatic rings. The van der Waals surface area contributed by atoms with Crippen LogP contribution < -0.4 is 4.90 Å². The van der Waals surface area contributed by atoms with E-state index < -0.39 is 0 Å². The van der Waals surface area contributed by atoms with Crippen molar-refractivity contribution in [1.29, 1.82) is 0 Å². The third-order valence-electron chi connectivity index (χ3n) is 4.56. The molecule has 0 amide bonds. The SMILES string of the molecule is CC1=C(C)N(c2ccccc2C)C(c2c(C)cccc2C)S1. The van der Waals surface area contributed by atoms with Gasteiger partial charge in [-0.3, -0.25) is 0 Å². The lowest BCUT2D eigenvalue weighted by Gasteiger charge is -2.31. The molecule has 0 bridgehead atoms. The molecule has 0 N–H and O–H groups in total. The topological polar surface area (TPSA) is 3.24 Å². The summed E-state index contributed by atoms with van der Waals surface area (Å²) in [5, 5.41) is 0.335.